The van der Waals surface area contributed by atoms with E-state index >= 15 is 0 Å². The molecule has 0 fully saturated rings. The van der Waals surface area contributed by atoms with E-state index in [1.165, 1.54) is 0 Å². The van der Waals surface area contributed by atoms with Crippen LogP contribution in [0.5, 0.6) is 5.75 Å². The van der Waals surface area contributed by atoms with Gasteiger partial charge < -0.3 is 14.5 Å². The van der Waals surface area contributed by atoms with Crippen LogP contribution in [-0.4, -0.2) is 24.4 Å². The van der Waals surface area contributed by atoms with E-state index in [1.807, 2.05) is 0 Å². The van der Waals surface area contributed by atoms with Crippen molar-refractivity contribution in [2.24, 2.45) is 0 Å². The van der Waals surface area contributed by atoms with Crippen LogP contribution in [-0.2, 0) is 21.8 Å². The highest BCUT2D eigenvalue weighted by atomic mass is 35.5. The molecule has 5 nitrogen and oxygen atoms in total. The van der Waals surface area contributed by atoms with E-state index in [9.17, 15) is 22.8 Å². The summed E-state index contributed by atoms with van der Waals surface area (Å²) in [5.74, 6) is -1.90. The maximum absolute atomic E-state index is 12.3. The molecular formula is C10H9ClF3NO4. The van der Waals surface area contributed by atoms with E-state index in [4.69, 9.17) is 11.6 Å². The van der Waals surface area contributed by atoms with Gasteiger partial charge >= 0.3 is 12.3 Å². The SMILES string of the molecule is COC(=O)Cc1cc(=O)[nH]c(CCl)c1OC(F)(F)F. The largest absolute Gasteiger partial charge is 0.573 e. The van der Waals surface area contributed by atoms with Gasteiger partial charge in [0.25, 0.3) is 0 Å². The number of ether oxygens (including phenoxy) is 2. The Morgan fingerprint density at radius 1 is 1.47 bits per heavy atom. The van der Waals surface area contributed by atoms with Crippen LogP contribution < -0.4 is 10.3 Å². The van der Waals surface area contributed by atoms with Crippen LogP contribution in [0.1, 0.15) is 11.3 Å². The fourth-order valence-electron chi connectivity index (χ4n) is 1.36. The number of hydrogen-bond donors (Lipinski definition) is 1. The lowest BCUT2D eigenvalue weighted by molar-refractivity contribution is -0.275. The number of carbonyl (C=O) groups is 1. The maximum Gasteiger partial charge on any atom is 0.573 e. The van der Waals surface area contributed by atoms with E-state index in [2.05, 4.69) is 14.5 Å². The van der Waals surface area contributed by atoms with Gasteiger partial charge in [0.15, 0.2) is 5.75 Å². The minimum atomic E-state index is -4.97. The van der Waals surface area contributed by atoms with Gasteiger partial charge in [-0.15, -0.1) is 24.8 Å². The Hall–Kier alpha value is -1.70. The molecule has 1 heterocycles. The van der Waals surface area contributed by atoms with Crippen LogP contribution in [0.15, 0.2) is 10.9 Å². The predicted molar refractivity (Wildman–Crippen MR) is 59.0 cm³/mol. The zero-order valence-electron chi connectivity index (χ0n) is 9.64. The van der Waals surface area contributed by atoms with Crippen molar-refractivity contribution >= 4 is 17.6 Å². The molecule has 0 unspecified atom stereocenters. The van der Waals surface area contributed by atoms with Gasteiger partial charge in [-0.1, -0.05) is 0 Å². The lowest BCUT2D eigenvalue weighted by atomic mass is 10.1. The summed E-state index contributed by atoms with van der Waals surface area (Å²) in [4.78, 5) is 24.5. The number of nitrogens with one attached hydrogen (secondary N) is 1. The number of pyridine rings is 1. The molecule has 19 heavy (non-hydrogen) atoms. The maximum atomic E-state index is 12.3. The molecule has 0 saturated heterocycles. The number of aromatic amines is 1. The molecule has 0 spiro atoms. The number of carbonyl (C=O) groups excluding carboxylic acids is 1. The lowest BCUT2D eigenvalue weighted by Crippen LogP contribution is -2.22. The number of H-pyrrole nitrogens is 1. The summed E-state index contributed by atoms with van der Waals surface area (Å²) in [5, 5.41) is 0. The molecule has 1 aromatic rings. The second-order valence-corrected chi connectivity index (χ2v) is 3.67. The first-order valence-corrected chi connectivity index (χ1v) is 5.44. The summed E-state index contributed by atoms with van der Waals surface area (Å²) in [6.07, 6.45) is -5.50. The minimum Gasteiger partial charge on any atom is -0.469 e. The monoisotopic (exact) mass is 299 g/mol. The molecule has 0 aliphatic carbocycles. The van der Waals surface area contributed by atoms with E-state index in [1.54, 1.807) is 0 Å². The van der Waals surface area contributed by atoms with Gasteiger partial charge in [-0.2, -0.15) is 0 Å². The Morgan fingerprint density at radius 3 is 2.58 bits per heavy atom. The van der Waals surface area contributed by atoms with Crippen LogP contribution in [0.4, 0.5) is 13.2 Å². The number of methoxy groups -OCH3 is 1. The second-order valence-electron chi connectivity index (χ2n) is 3.40. The van der Waals surface area contributed by atoms with Gasteiger partial charge in [-0.05, 0) is 0 Å². The third kappa shape index (κ3) is 4.47. The molecule has 1 rings (SSSR count). The van der Waals surface area contributed by atoms with Crippen LogP contribution >= 0.6 is 11.6 Å². The van der Waals surface area contributed by atoms with Gasteiger partial charge in [0, 0.05) is 11.6 Å². The minimum absolute atomic E-state index is 0.247. The van der Waals surface area contributed by atoms with Crippen molar-refractivity contribution in [3.63, 3.8) is 0 Å². The first-order chi connectivity index (χ1) is 8.76. The van der Waals surface area contributed by atoms with Gasteiger partial charge in [0.2, 0.25) is 5.56 Å². The van der Waals surface area contributed by atoms with Crippen molar-refractivity contribution in [1.82, 2.24) is 4.98 Å². The van der Waals surface area contributed by atoms with Crippen LogP contribution in [0.25, 0.3) is 0 Å². The smallest absolute Gasteiger partial charge is 0.469 e. The zero-order chi connectivity index (χ0) is 14.6. The highest BCUT2D eigenvalue weighted by molar-refractivity contribution is 6.17. The average Bonchev–Trinajstić information content (AvgIpc) is 2.30. The van der Waals surface area contributed by atoms with E-state index < -0.39 is 35.9 Å². The van der Waals surface area contributed by atoms with Crippen LogP contribution in [0.2, 0.25) is 0 Å². The Labute approximate surface area is 110 Å². The molecule has 0 aromatic carbocycles. The zero-order valence-corrected chi connectivity index (χ0v) is 10.4. The molecule has 0 saturated carbocycles. The van der Waals surface area contributed by atoms with Crippen molar-refractivity contribution in [3.8, 4) is 5.75 Å². The van der Waals surface area contributed by atoms with E-state index in [0.717, 1.165) is 13.2 Å². The Kier molecular flexibility index (Phi) is 4.82. The normalized spacial score (nSPS) is 11.2. The predicted octanol–water partition coefficient (Wildman–Crippen LogP) is 1.73. The molecule has 1 aromatic heterocycles. The molecule has 0 bridgehead atoms. The Balaban J connectivity index is 3.29. The molecule has 0 amide bonds. The highest BCUT2D eigenvalue weighted by Gasteiger charge is 2.34. The summed E-state index contributed by atoms with van der Waals surface area (Å²) in [6.45, 7) is 0. The quantitative estimate of drug-likeness (QED) is 0.679. The molecule has 0 radical (unpaired) electrons. The number of halogens is 4. The second kappa shape index (κ2) is 5.96. The van der Waals surface area contributed by atoms with Gasteiger partial charge in [0.1, 0.15) is 0 Å². The number of hydrogen-bond acceptors (Lipinski definition) is 4. The van der Waals surface area contributed by atoms with Gasteiger partial charge in [-0.3, -0.25) is 9.59 Å². The molecule has 1 N–H and O–H groups in total. The summed E-state index contributed by atoms with van der Waals surface area (Å²) < 4.78 is 45.0. The molecule has 0 aliphatic heterocycles. The molecule has 0 aliphatic rings. The number of aromatic nitrogens is 1. The molecular weight excluding hydrogens is 291 g/mol. The summed E-state index contributed by atoms with van der Waals surface area (Å²) in [6, 6.07) is 0.827. The van der Waals surface area contributed by atoms with E-state index in [0.29, 0.717) is 0 Å². The third-order valence-corrected chi connectivity index (χ3v) is 2.33. The van der Waals surface area contributed by atoms with E-state index in [-0.39, 0.29) is 11.3 Å². The summed E-state index contributed by atoms with van der Waals surface area (Å²) in [7, 11) is 1.07. The number of alkyl halides is 4. The molecule has 0 atom stereocenters. The number of esters is 1. The first-order valence-electron chi connectivity index (χ1n) is 4.90. The molecule has 9 heteroatoms. The van der Waals surface area contributed by atoms with Crippen molar-refractivity contribution in [3.05, 3.63) is 27.7 Å². The van der Waals surface area contributed by atoms with Gasteiger partial charge in [-0.25, -0.2) is 0 Å². The summed E-state index contributed by atoms with van der Waals surface area (Å²) in [5.41, 5.74) is -1.20. The standard InChI is InChI=1S/C10H9ClF3NO4/c1-18-8(17)3-5-2-7(16)15-6(4-11)9(5)19-10(12,13)14/h2H,3-4H2,1H3,(H,15,16). The lowest BCUT2D eigenvalue weighted by Gasteiger charge is -2.15. The third-order valence-electron chi connectivity index (χ3n) is 2.06. The first kappa shape index (κ1) is 15.4. The Morgan fingerprint density at radius 2 is 2.11 bits per heavy atom. The topological polar surface area (TPSA) is 68.4 Å². The fourth-order valence-corrected chi connectivity index (χ4v) is 1.54. The molecule has 106 valence electrons. The average molecular weight is 300 g/mol. The Bertz CT molecular complexity index is 526. The van der Waals surface area contributed by atoms with Crippen molar-refractivity contribution in [2.75, 3.05) is 7.11 Å². The highest BCUT2D eigenvalue weighted by Crippen LogP contribution is 2.29. The summed E-state index contributed by atoms with van der Waals surface area (Å²) >= 11 is 5.44. The van der Waals surface area contributed by atoms with Crippen LogP contribution in [0, 0.1) is 0 Å². The van der Waals surface area contributed by atoms with Crippen molar-refractivity contribution in [1.29, 1.82) is 0 Å². The fraction of sp³-hybridized carbons (Fsp3) is 0.400. The van der Waals surface area contributed by atoms with Crippen molar-refractivity contribution in [2.45, 2.75) is 18.7 Å². The van der Waals surface area contributed by atoms with Crippen LogP contribution in [0.3, 0.4) is 0 Å². The van der Waals surface area contributed by atoms with Crippen molar-refractivity contribution < 1.29 is 27.4 Å². The van der Waals surface area contributed by atoms with Gasteiger partial charge in [0.05, 0.1) is 25.1 Å². The number of rotatable bonds is 4.